The van der Waals surface area contributed by atoms with Crippen molar-refractivity contribution >= 4 is 33.0 Å². The van der Waals surface area contributed by atoms with Gasteiger partial charge in [-0.25, -0.2) is 13.2 Å². The van der Waals surface area contributed by atoms with Gasteiger partial charge in [0.15, 0.2) is 0 Å². The van der Waals surface area contributed by atoms with Crippen LogP contribution in [0, 0.1) is 13.8 Å². The number of benzene rings is 1. The summed E-state index contributed by atoms with van der Waals surface area (Å²) < 4.78 is 28.0. The van der Waals surface area contributed by atoms with E-state index in [1.54, 1.807) is 30.5 Å². The van der Waals surface area contributed by atoms with Gasteiger partial charge in [0.2, 0.25) is 0 Å². The van der Waals surface area contributed by atoms with E-state index in [-0.39, 0.29) is 15.5 Å². The van der Waals surface area contributed by atoms with Gasteiger partial charge in [0.1, 0.15) is 4.88 Å². The molecule has 7 heteroatoms. The van der Waals surface area contributed by atoms with Crippen LogP contribution in [0.2, 0.25) is 0 Å². The molecule has 1 aromatic carbocycles. The second-order valence-corrected chi connectivity index (χ2v) is 8.28. The molecule has 0 aliphatic carbocycles. The number of thiophene rings is 1. The number of carboxylic acids is 1. The van der Waals surface area contributed by atoms with Gasteiger partial charge in [-0.3, -0.25) is 4.72 Å². The monoisotopic (exact) mass is 367 g/mol. The van der Waals surface area contributed by atoms with Gasteiger partial charge in [-0.15, -0.1) is 11.3 Å². The number of rotatable bonds is 7. The Morgan fingerprint density at radius 3 is 2.58 bits per heavy atom. The molecule has 1 aromatic heterocycles. The summed E-state index contributed by atoms with van der Waals surface area (Å²) in [6.07, 6.45) is 2.46. The van der Waals surface area contributed by atoms with Crippen LogP contribution in [0.3, 0.4) is 0 Å². The smallest absolute Gasteiger partial charge is 0.348 e. The Balaban J connectivity index is 2.44. The Labute approximate surface area is 146 Å². The van der Waals surface area contributed by atoms with Crippen molar-refractivity contribution in [3.8, 4) is 0 Å². The first-order chi connectivity index (χ1) is 11.3. The second kappa shape index (κ2) is 7.36. The van der Waals surface area contributed by atoms with Crippen molar-refractivity contribution in [3.05, 3.63) is 45.1 Å². The molecule has 2 aromatic rings. The van der Waals surface area contributed by atoms with Gasteiger partial charge in [-0.1, -0.05) is 31.0 Å². The number of carbonyl (C=O) groups is 1. The van der Waals surface area contributed by atoms with Crippen LogP contribution >= 0.6 is 11.3 Å². The molecule has 0 aliphatic heterocycles. The highest BCUT2D eigenvalue weighted by atomic mass is 32.2. The summed E-state index contributed by atoms with van der Waals surface area (Å²) in [4.78, 5) is 11.6. The third kappa shape index (κ3) is 3.96. The Bertz CT molecular complexity index is 853. The molecular weight excluding hydrogens is 346 g/mol. The number of aromatic carboxylic acids is 1. The van der Waals surface area contributed by atoms with E-state index in [2.05, 4.69) is 4.72 Å². The van der Waals surface area contributed by atoms with E-state index in [0.29, 0.717) is 12.0 Å². The van der Waals surface area contributed by atoms with Gasteiger partial charge in [-0.2, -0.15) is 0 Å². The lowest BCUT2D eigenvalue weighted by atomic mass is 10.1. The molecule has 0 fully saturated rings. The minimum absolute atomic E-state index is 0.0226. The Kier molecular flexibility index (Phi) is 5.66. The van der Waals surface area contributed by atoms with Crippen molar-refractivity contribution < 1.29 is 18.3 Å². The van der Waals surface area contributed by atoms with Gasteiger partial charge in [0, 0.05) is 0 Å². The summed E-state index contributed by atoms with van der Waals surface area (Å²) in [5.74, 6) is -1.12. The van der Waals surface area contributed by atoms with Crippen LogP contribution in [0.5, 0.6) is 0 Å². The SMILES string of the molecule is CCCCc1csc(C(=O)O)c1NS(=O)(=O)c1ccc(C)cc1C. The van der Waals surface area contributed by atoms with Crippen LogP contribution in [0.1, 0.15) is 46.1 Å². The zero-order valence-corrected chi connectivity index (χ0v) is 15.6. The number of nitrogens with one attached hydrogen (secondary N) is 1. The van der Waals surface area contributed by atoms with E-state index in [9.17, 15) is 18.3 Å². The number of carboxylic acid groups (broad SMARTS) is 1. The van der Waals surface area contributed by atoms with Gasteiger partial charge in [-0.05, 0) is 49.3 Å². The zero-order chi connectivity index (χ0) is 17.9. The average molecular weight is 367 g/mol. The van der Waals surface area contributed by atoms with Gasteiger partial charge >= 0.3 is 5.97 Å². The number of sulfonamides is 1. The molecule has 24 heavy (non-hydrogen) atoms. The number of hydrogen-bond donors (Lipinski definition) is 2. The number of aryl methyl sites for hydroxylation is 3. The van der Waals surface area contributed by atoms with Crippen LogP contribution in [0.25, 0.3) is 0 Å². The molecule has 0 bridgehead atoms. The summed E-state index contributed by atoms with van der Waals surface area (Å²) in [7, 11) is -3.84. The highest BCUT2D eigenvalue weighted by Crippen LogP contribution is 2.32. The van der Waals surface area contributed by atoms with Gasteiger partial charge in [0.05, 0.1) is 10.6 Å². The third-order valence-corrected chi connectivity index (χ3v) is 6.24. The van der Waals surface area contributed by atoms with Gasteiger partial charge < -0.3 is 5.11 Å². The Morgan fingerprint density at radius 1 is 1.29 bits per heavy atom. The number of unbranched alkanes of at least 4 members (excludes halogenated alkanes) is 1. The number of hydrogen-bond acceptors (Lipinski definition) is 4. The van der Waals surface area contributed by atoms with E-state index in [1.807, 2.05) is 13.8 Å². The summed E-state index contributed by atoms with van der Waals surface area (Å²) >= 11 is 1.05. The van der Waals surface area contributed by atoms with Crippen molar-refractivity contribution in [2.75, 3.05) is 4.72 Å². The van der Waals surface area contributed by atoms with Crippen LogP contribution in [-0.2, 0) is 16.4 Å². The molecular formula is C17H21NO4S2. The molecule has 0 aliphatic rings. The lowest BCUT2D eigenvalue weighted by molar-refractivity contribution is 0.0703. The van der Waals surface area contributed by atoms with Crippen LogP contribution < -0.4 is 4.72 Å². The first-order valence-electron chi connectivity index (χ1n) is 7.70. The Morgan fingerprint density at radius 2 is 2.00 bits per heavy atom. The maximum atomic E-state index is 12.7. The molecule has 2 N–H and O–H groups in total. The fourth-order valence-corrected chi connectivity index (χ4v) is 4.81. The summed E-state index contributed by atoms with van der Waals surface area (Å²) in [6.45, 7) is 5.65. The lowest BCUT2D eigenvalue weighted by Crippen LogP contribution is -2.16. The fourth-order valence-electron chi connectivity index (χ4n) is 2.50. The largest absolute Gasteiger partial charge is 0.477 e. The topological polar surface area (TPSA) is 83.5 Å². The highest BCUT2D eigenvalue weighted by Gasteiger charge is 2.24. The lowest BCUT2D eigenvalue weighted by Gasteiger charge is -2.12. The van der Waals surface area contributed by atoms with Crippen LogP contribution in [-0.4, -0.2) is 19.5 Å². The van der Waals surface area contributed by atoms with E-state index < -0.39 is 16.0 Å². The average Bonchev–Trinajstić information content (AvgIpc) is 2.86. The molecule has 0 unspecified atom stereocenters. The summed E-state index contributed by atoms with van der Waals surface area (Å²) in [5.41, 5.74) is 2.52. The van der Waals surface area contributed by atoms with E-state index in [4.69, 9.17) is 0 Å². The molecule has 0 amide bonds. The van der Waals surface area contributed by atoms with Crippen molar-refractivity contribution in [2.24, 2.45) is 0 Å². The predicted octanol–water partition coefficient (Wildman–Crippen LogP) is 4.21. The minimum atomic E-state index is -3.84. The molecule has 5 nitrogen and oxygen atoms in total. The van der Waals surface area contributed by atoms with E-state index in [0.717, 1.165) is 35.3 Å². The molecule has 130 valence electrons. The predicted molar refractivity (Wildman–Crippen MR) is 96.6 cm³/mol. The fraction of sp³-hybridized carbons (Fsp3) is 0.353. The minimum Gasteiger partial charge on any atom is -0.477 e. The first-order valence-corrected chi connectivity index (χ1v) is 10.1. The quantitative estimate of drug-likeness (QED) is 0.768. The van der Waals surface area contributed by atoms with Crippen molar-refractivity contribution in [1.82, 2.24) is 0 Å². The first kappa shape index (κ1) is 18.5. The van der Waals surface area contributed by atoms with Crippen LogP contribution in [0.15, 0.2) is 28.5 Å². The Hall–Kier alpha value is -1.86. The third-order valence-electron chi connectivity index (χ3n) is 3.72. The summed E-state index contributed by atoms with van der Waals surface area (Å²) in [5, 5.41) is 11.1. The molecule has 0 saturated carbocycles. The summed E-state index contributed by atoms with van der Waals surface area (Å²) in [6, 6.07) is 5.06. The maximum absolute atomic E-state index is 12.7. The normalized spacial score (nSPS) is 11.5. The zero-order valence-electron chi connectivity index (χ0n) is 13.9. The van der Waals surface area contributed by atoms with Crippen molar-refractivity contribution in [1.29, 1.82) is 0 Å². The standard InChI is InChI=1S/C17H21NO4S2/c1-4-5-6-13-10-23-16(17(19)20)15(13)18-24(21,22)14-8-7-11(2)9-12(14)3/h7-10,18H,4-6H2,1-3H3,(H,19,20). The molecule has 0 saturated heterocycles. The van der Waals surface area contributed by atoms with Gasteiger partial charge in [0.25, 0.3) is 10.0 Å². The number of anilines is 1. The van der Waals surface area contributed by atoms with E-state index in [1.165, 1.54) is 0 Å². The molecule has 2 rings (SSSR count). The highest BCUT2D eigenvalue weighted by molar-refractivity contribution is 7.92. The maximum Gasteiger partial charge on any atom is 0.348 e. The second-order valence-electron chi connectivity index (χ2n) is 5.75. The van der Waals surface area contributed by atoms with E-state index >= 15 is 0 Å². The van der Waals surface area contributed by atoms with Crippen molar-refractivity contribution in [2.45, 2.75) is 44.9 Å². The van der Waals surface area contributed by atoms with Crippen LogP contribution in [0.4, 0.5) is 5.69 Å². The molecule has 0 spiro atoms. The molecule has 1 heterocycles. The molecule has 0 atom stereocenters. The van der Waals surface area contributed by atoms with Crippen molar-refractivity contribution in [3.63, 3.8) is 0 Å². The molecule has 0 radical (unpaired) electrons.